The minimum absolute atomic E-state index is 0.0792. The van der Waals surface area contributed by atoms with Crippen molar-refractivity contribution in [2.24, 2.45) is 0 Å². The van der Waals surface area contributed by atoms with Crippen LogP contribution in [-0.4, -0.2) is 57.1 Å². The summed E-state index contributed by atoms with van der Waals surface area (Å²) in [5, 5.41) is 0. The van der Waals surface area contributed by atoms with Gasteiger partial charge in [0.15, 0.2) is 6.29 Å². The smallest absolute Gasteiger partial charge is 0.158 e. The summed E-state index contributed by atoms with van der Waals surface area (Å²) < 4.78 is 35.9. The van der Waals surface area contributed by atoms with E-state index in [2.05, 4.69) is 55.5 Å². The number of benzene rings is 2. The first-order chi connectivity index (χ1) is 18.8. The van der Waals surface area contributed by atoms with Gasteiger partial charge in [0, 0.05) is 6.61 Å². The van der Waals surface area contributed by atoms with E-state index in [0.717, 1.165) is 61.3 Å². The molecule has 0 amide bonds. The molecule has 38 heavy (non-hydrogen) atoms. The summed E-state index contributed by atoms with van der Waals surface area (Å²) in [4.78, 5) is 0. The lowest BCUT2D eigenvalue weighted by atomic mass is 10.1. The van der Waals surface area contributed by atoms with E-state index in [-0.39, 0.29) is 30.7 Å². The SMILES string of the molecule is CCCCCCOc1ccc(/C=C/c2ccc(CO[C@H]3COC4C3OC[C@H]4OC3CCCCO3)cc2)cc1. The molecule has 0 aliphatic carbocycles. The fraction of sp³-hybridized carbons (Fsp3) is 0.562. The third-order valence-electron chi connectivity index (χ3n) is 7.49. The number of fused-ring (bicyclic) bond motifs is 1. The Morgan fingerprint density at radius 1 is 0.789 bits per heavy atom. The molecule has 0 aromatic heterocycles. The lowest BCUT2D eigenvalue weighted by Gasteiger charge is -2.27. The van der Waals surface area contributed by atoms with Crippen LogP contribution >= 0.6 is 0 Å². The molecule has 206 valence electrons. The lowest BCUT2D eigenvalue weighted by molar-refractivity contribution is -0.202. The van der Waals surface area contributed by atoms with Crippen LogP contribution in [0.25, 0.3) is 12.2 Å². The Balaban J connectivity index is 1.04. The summed E-state index contributed by atoms with van der Waals surface area (Å²) in [6.45, 7) is 5.38. The molecule has 6 nitrogen and oxygen atoms in total. The predicted octanol–water partition coefficient (Wildman–Crippen LogP) is 6.41. The molecule has 2 aromatic carbocycles. The zero-order valence-electron chi connectivity index (χ0n) is 22.6. The normalized spacial score (nSPS) is 27.1. The molecule has 3 unspecified atom stereocenters. The van der Waals surface area contributed by atoms with Crippen LogP contribution in [0.1, 0.15) is 68.6 Å². The van der Waals surface area contributed by atoms with Crippen molar-refractivity contribution in [3.05, 3.63) is 65.2 Å². The molecule has 2 aromatic rings. The number of rotatable bonds is 13. The molecule has 0 radical (unpaired) electrons. The minimum atomic E-state index is -0.134. The minimum Gasteiger partial charge on any atom is -0.494 e. The molecule has 0 N–H and O–H groups in total. The van der Waals surface area contributed by atoms with Crippen LogP contribution in [0, 0.1) is 0 Å². The summed E-state index contributed by atoms with van der Waals surface area (Å²) in [7, 11) is 0. The highest BCUT2D eigenvalue weighted by molar-refractivity contribution is 5.69. The summed E-state index contributed by atoms with van der Waals surface area (Å²) in [5.41, 5.74) is 3.44. The number of ether oxygens (including phenoxy) is 6. The molecule has 0 bridgehead atoms. The van der Waals surface area contributed by atoms with E-state index >= 15 is 0 Å². The van der Waals surface area contributed by atoms with Gasteiger partial charge in [-0.1, -0.05) is 74.7 Å². The largest absolute Gasteiger partial charge is 0.494 e. The van der Waals surface area contributed by atoms with Crippen molar-refractivity contribution in [3.8, 4) is 5.75 Å². The molecule has 6 heteroatoms. The van der Waals surface area contributed by atoms with Gasteiger partial charge in [-0.2, -0.15) is 0 Å². The van der Waals surface area contributed by atoms with Crippen LogP contribution in [0.4, 0.5) is 0 Å². The highest BCUT2D eigenvalue weighted by Crippen LogP contribution is 2.32. The Morgan fingerprint density at radius 3 is 2.21 bits per heavy atom. The van der Waals surface area contributed by atoms with E-state index < -0.39 is 0 Å². The maximum atomic E-state index is 6.20. The molecule has 3 fully saturated rings. The topological polar surface area (TPSA) is 55.4 Å². The second-order valence-electron chi connectivity index (χ2n) is 10.5. The van der Waals surface area contributed by atoms with E-state index in [1.54, 1.807) is 0 Å². The first kappa shape index (κ1) is 27.4. The van der Waals surface area contributed by atoms with Gasteiger partial charge >= 0.3 is 0 Å². The van der Waals surface area contributed by atoms with Gasteiger partial charge in [-0.25, -0.2) is 0 Å². The van der Waals surface area contributed by atoms with E-state index in [1.165, 1.54) is 19.3 Å². The Morgan fingerprint density at radius 2 is 1.50 bits per heavy atom. The Kier molecular flexibility index (Phi) is 10.3. The van der Waals surface area contributed by atoms with E-state index in [4.69, 9.17) is 28.4 Å². The Labute approximate surface area is 227 Å². The van der Waals surface area contributed by atoms with Gasteiger partial charge in [-0.3, -0.25) is 0 Å². The molecule has 3 saturated heterocycles. The van der Waals surface area contributed by atoms with Crippen LogP contribution in [-0.2, 0) is 30.3 Å². The third-order valence-corrected chi connectivity index (χ3v) is 7.49. The van der Waals surface area contributed by atoms with Crippen molar-refractivity contribution in [1.82, 2.24) is 0 Å². The number of unbranched alkanes of at least 4 members (excludes halogenated alkanes) is 3. The van der Waals surface area contributed by atoms with Crippen LogP contribution in [0.5, 0.6) is 5.75 Å². The molecule has 3 aliphatic rings. The highest BCUT2D eigenvalue weighted by Gasteiger charge is 2.49. The molecular weight excluding hydrogens is 480 g/mol. The summed E-state index contributed by atoms with van der Waals surface area (Å²) in [6.07, 6.45) is 11.9. The highest BCUT2D eigenvalue weighted by atomic mass is 16.7. The number of hydrogen-bond acceptors (Lipinski definition) is 6. The molecule has 0 spiro atoms. The second kappa shape index (κ2) is 14.2. The van der Waals surface area contributed by atoms with Gasteiger partial charge in [0.25, 0.3) is 0 Å². The first-order valence-corrected chi connectivity index (χ1v) is 14.4. The Bertz CT molecular complexity index is 982. The van der Waals surface area contributed by atoms with Crippen LogP contribution in [0.3, 0.4) is 0 Å². The maximum absolute atomic E-state index is 6.20. The average Bonchev–Trinajstić information content (AvgIpc) is 3.55. The van der Waals surface area contributed by atoms with Gasteiger partial charge in [0.2, 0.25) is 0 Å². The van der Waals surface area contributed by atoms with Crippen LogP contribution in [0.2, 0.25) is 0 Å². The fourth-order valence-electron chi connectivity index (χ4n) is 5.22. The van der Waals surface area contributed by atoms with Crippen molar-refractivity contribution in [3.63, 3.8) is 0 Å². The zero-order chi connectivity index (χ0) is 26.0. The van der Waals surface area contributed by atoms with E-state index in [0.29, 0.717) is 19.8 Å². The molecule has 0 saturated carbocycles. The van der Waals surface area contributed by atoms with Gasteiger partial charge in [-0.15, -0.1) is 0 Å². The van der Waals surface area contributed by atoms with Crippen molar-refractivity contribution in [1.29, 1.82) is 0 Å². The first-order valence-electron chi connectivity index (χ1n) is 14.4. The van der Waals surface area contributed by atoms with Gasteiger partial charge < -0.3 is 28.4 Å². The average molecular weight is 523 g/mol. The molecule has 3 heterocycles. The maximum Gasteiger partial charge on any atom is 0.158 e. The van der Waals surface area contributed by atoms with Crippen LogP contribution < -0.4 is 4.74 Å². The molecular formula is C32H42O6. The van der Waals surface area contributed by atoms with Gasteiger partial charge in [-0.05, 0) is 54.5 Å². The standard InChI is InChI=1S/C32H42O6/c1-2-3-4-6-19-33-27-17-15-25(16-18-27)10-9-24-11-13-26(14-12-24)21-35-28-22-36-32-29(23-37-31(28)32)38-30-8-5-7-20-34-30/h9-18,28-32H,2-8,19-23H2,1H3/b10-9+/t28-,29+,30?,31?,32?/m0/s1. The molecule has 5 rings (SSSR count). The van der Waals surface area contributed by atoms with Gasteiger partial charge in [0.1, 0.15) is 30.2 Å². The Hall–Kier alpha value is -2.22. The second-order valence-corrected chi connectivity index (χ2v) is 10.5. The van der Waals surface area contributed by atoms with Crippen molar-refractivity contribution < 1.29 is 28.4 Å². The summed E-state index contributed by atoms with van der Waals surface area (Å²) >= 11 is 0. The van der Waals surface area contributed by atoms with E-state index in [1.807, 2.05) is 12.1 Å². The lowest BCUT2D eigenvalue weighted by Crippen LogP contribution is -2.37. The van der Waals surface area contributed by atoms with Gasteiger partial charge in [0.05, 0.1) is 26.4 Å². The molecule has 5 atom stereocenters. The quantitative estimate of drug-likeness (QED) is 0.224. The van der Waals surface area contributed by atoms with Crippen molar-refractivity contribution >= 4 is 12.2 Å². The number of hydrogen-bond donors (Lipinski definition) is 0. The molecule has 3 aliphatic heterocycles. The van der Waals surface area contributed by atoms with Crippen LogP contribution in [0.15, 0.2) is 48.5 Å². The predicted molar refractivity (Wildman–Crippen MR) is 148 cm³/mol. The third kappa shape index (κ3) is 7.67. The van der Waals surface area contributed by atoms with Crippen molar-refractivity contribution in [2.75, 3.05) is 26.4 Å². The van der Waals surface area contributed by atoms with Crippen molar-refractivity contribution in [2.45, 2.75) is 89.2 Å². The zero-order valence-corrected chi connectivity index (χ0v) is 22.6. The monoisotopic (exact) mass is 522 g/mol. The fourth-order valence-corrected chi connectivity index (χ4v) is 5.22. The summed E-state index contributed by atoms with van der Waals surface area (Å²) in [6, 6.07) is 16.8. The summed E-state index contributed by atoms with van der Waals surface area (Å²) in [5.74, 6) is 0.936. The van der Waals surface area contributed by atoms with E-state index in [9.17, 15) is 0 Å².